The Morgan fingerprint density at radius 2 is 2.25 bits per heavy atom. The number of rotatable bonds is 3. The molecule has 1 aromatic carbocycles. The molecule has 1 N–H and O–H groups in total. The van der Waals surface area contributed by atoms with E-state index in [1.54, 1.807) is 6.07 Å². The molecule has 0 amide bonds. The summed E-state index contributed by atoms with van der Waals surface area (Å²) in [5.74, 6) is -0.377. The van der Waals surface area contributed by atoms with Crippen LogP contribution in [0.2, 0.25) is 0 Å². The first-order valence-electron chi connectivity index (χ1n) is 4.67. The second-order valence-corrected chi connectivity index (χ2v) is 4.33. The summed E-state index contributed by atoms with van der Waals surface area (Å²) in [7, 11) is 0. The van der Waals surface area contributed by atoms with E-state index in [1.165, 1.54) is 30.2 Å². The number of nitrogens with zero attached hydrogens (tertiary/aromatic N) is 1. The van der Waals surface area contributed by atoms with E-state index in [1.807, 2.05) is 6.92 Å². The fourth-order valence-electron chi connectivity index (χ4n) is 1.25. The molecule has 0 fully saturated rings. The van der Waals surface area contributed by atoms with Gasteiger partial charge in [0.25, 0.3) is 5.22 Å². The number of oxazole rings is 1. The molecule has 0 saturated carbocycles. The van der Waals surface area contributed by atoms with Crippen molar-refractivity contribution < 1.29 is 13.9 Å². The Morgan fingerprint density at radius 3 is 2.88 bits per heavy atom. The van der Waals surface area contributed by atoms with Crippen LogP contribution >= 0.6 is 11.8 Å². The second kappa shape index (κ2) is 4.67. The number of hydrogen-bond acceptors (Lipinski definition) is 4. The minimum Gasteiger partial charge on any atom is -0.439 e. The SMILES string of the molecule is Cc1coc(Sc2cc(F)cc(CO)c2)n1. The lowest BCUT2D eigenvalue weighted by Gasteiger charge is -2.01. The Hall–Kier alpha value is -1.33. The smallest absolute Gasteiger partial charge is 0.260 e. The molecular weight excluding hydrogens is 229 g/mol. The first kappa shape index (κ1) is 11.2. The molecule has 2 rings (SSSR count). The number of benzene rings is 1. The van der Waals surface area contributed by atoms with Crippen LogP contribution in [0.25, 0.3) is 0 Å². The van der Waals surface area contributed by atoms with Gasteiger partial charge in [0, 0.05) is 4.90 Å². The van der Waals surface area contributed by atoms with Gasteiger partial charge in [0.1, 0.15) is 12.1 Å². The van der Waals surface area contributed by atoms with Crippen molar-refractivity contribution in [1.29, 1.82) is 0 Å². The molecule has 84 valence electrons. The molecule has 16 heavy (non-hydrogen) atoms. The number of aromatic nitrogens is 1. The van der Waals surface area contributed by atoms with Crippen LogP contribution in [0.15, 0.2) is 39.0 Å². The largest absolute Gasteiger partial charge is 0.439 e. The minimum absolute atomic E-state index is 0.185. The number of aliphatic hydroxyl groups excluding tert-OH is 1. The molecule has 0 atom stereocenters. The van der Waals surface area contributed by atoms with Crippen LogP contribution in [0, 0.1) is 12.7 Å². The first-order valence-corrected chi connectivity index (χ1v) is 5.49. The zero-order valence-corrected chi connectivity index (χ0v) is 9.42. The fourth-order valence-corrected chi connectivity index (χ4v) is 2.12. The highest BCUT2D eigenvalue weighted by molar-refractivity contribution is 7.99. The lowest BCUT2D eigenvalue weighted by atomic mass is 10.2. The maximum absolute atomic E-state index is 13.1. The van der Waals surface area contributed by atoms with Crippen LogP contribution in [-0.2, 0) is 6.61 Å². The second-order valence-electron chi connectivity index (χ2n) is 3.31. The van der Waals surface area contributed by atoms with E-state index in [2.05, 4.69) is 4.98 Å². The normalized spacial score (nSPS) is 10.7. The van der Waals surface area contributed by atoms with Gasteiger partial charge in [-0.3, -0.25) is 0 Å². The van der Waals surface area contributed by atoms with E-state index < -0.39 is 0 Å². The summed E-state index contributed by atoms with van der Waals surface area (Å²) in [5.41, 5.74) is 1.31. The van der Waals surface area contributed by atoms with Crippen molar-refractivity contribution in [2.45, 2.75) is 23.6 Å². The maximum Gasteiger partial charge on any atom is 0.260 e. The van der Waals surface area contributed by atoms with Crippen LogP contribution < -0.4 is 0 Å². The molecule has 0 aliphatic rings. The Morgan fingerprint density at radius 1 is 1.44 bits per heavy atom. The van der Waals surface area contributed by atoms with Crippen LogP contribution in [0.3, 0.4) is 0 Å². The highest BCUT2D eigenvalue weighted by Gasteiger charge is 2.06. The minimum atomic E-state index is -0.377. The lowest BCUT2D eigenvalue weighted by Crippen LogP contribution is -1.86. The van der Waals surface area contributed by atoms with Crippen LogP contribution in [0.4, 0.5) is 4.39 Å². The predicted octanol–water partition coefficient (Wildman–Crippen LogP) is 2.77. The molecule has 0 saturated heterocycles. The molecule has 0 radical (unpaired) electrons. The molecule has 0 aliphatic carbocycles. The van der Waals surface area contributed by atoms with Crippen molar-refractivity contribution in [3.05, 3.63) is 41.5 Å². The summed E-state index contributed by atoms with van der Waals surface area (Å²) >= 11 is 1.22. The third kappa shape index (κ3) is 2.62. The van der Waals surface area contributed by atoms with Crippen molar-refractivity contribution in [2.75, 3.05) is 0 Å². The molecular formula is C11H10FNO2S. The summed E-state index contributed by atoms with van der Waals surface area (Å²) in [6.45, 7) is 1.63. The van der Waals surface area contributed by atoms with Gasteiger partial charge in [0.05, 0.1) is 12.3 Å². The van der Waals surface area contributed by atoms with Gasteiger partial charge in [-0.25, -0.2) is 9.37 Å². The van der Waals surface area contributed by atoms with Gasteiger partial charge in [-0.15, -0.1) is 0 Å². The van der Waals surface area contributed by atoms with Crippen LogP contribution in [0.1, 0.15) is 11.3 Å². The summed E-state index contributed by atoms with van der Waals surface area (Å²) in [6.07, 6.45) is 1.54. The van der Waals surface area contributed by atoms with E-state index in [9.17, 15) is 4.39 Å². The third-order valence-electron chi connectivity index (χ3n) is 1.92. The molecule has 1 aromatic heterocycles. The van der Waals surface area contributed by atoms with Crippen molar-refractivity contribution in [3.8, 4) is 0 Å². The zero-order valence-electron chi connectivity index (χ0n) is 8.61. The molecule has 2 aromatic rings. The zero-order chi connectivity index (χ0) is 11.5. The standard InChI is InChI=1S/C11H10FNO2S/c1-7-6-15-11(13-7)16-10-3-8(5-14)2-9(12)4-10/h2-4,6,14H,5H2,1H3. The first-order chi connectivity index (χ1) is 7.67. The van der Waals surface area contributed by atoms with Gasteiger partial charge >= 0.3 is 0 Å². The summed E-state index contributed by atoms with van der Waals surface area (Å²) < 4.78 is 18.3. The van der Waals surface area contributed by atoms with E-state index in [4.69, 9.17) is 9.52 Å². The monoisotopic (exact) mass is 239 g/mol. The van der Waals surface area contributed by atoms with Gasteiger partial charge in [0.15, 0.2) is 0 Å². The Balaban J connectivity index is 2.24. The number of aliphatic hydroxyl groups is 1. The van der Waals surface area contributed by atoms with Gasteiger partial charge in [-0.2, -0.15) is 0 Å². The van der Waals surface area contributed by atoms with Crippen LogP contribution in [0.5, 0.6) is 0 Å². The highest BCUT2D eigenvalue weighted by Crippen LogP contribution is 2.28. The molecule has 5 heteroatoms. The Kier molecular flexibility index (Phi) is 3.26. The quantitative estimate of drug-likeness (QED) is 0.894. The molecule has 0 unspecified atom stereocenters. The van der Waals surface area contributed by atoms with Crippen molar-refractivity contribution in [1.82, 2.24) is 4.98 Å². The average molecular weight is 239 g/mol. The Bertz CT molecular complexity index is 498. The predicted molar refractivity (Wildman–Crippen MR) is 57.7 cm³/mol. The molecule has 0 spiro atoms. The lowest BCUT2D eigenvalue weighted by molar-refractivity contribution is 0.281. The molecule has 3 nitrogen and oxygen atoms in total. The number of halogens is 1. The van der Waals surface area contributed by atoms with E-state index in [-0.39, 0.29) is 12.4 Å². The molecule has 0 bridgehead atoms. The summed E-state index contributed by atoms with van der Waals surface area (Å²) in [5, 5.41) is 9.41. The average Bonchev–Trinajstić information content (AvgIpc) is 2.63. The number of aryl methyl sites for hydroxylation is 1. The summed E-state index contributed by atoms with van der Waals surface area (Å²) in [6, 6.07) is 4.38. The van der Waals surface area contributed by atoms with E-state index in [0.29, 0.717) is 15.7 Å². The topological polar surface area (TPSA) is 46.3 Å². The highest BCUT2D eigenvalue weighted by atomic mass is 32.2. The van der Waals surface area contributed by atoms with Crippen molar-refractivity contribution in [3.63, 3.8) is 0 Å². The maximum atomic E-state index is 13.1. The van der Waals surface area contributed by atoms with Gasteiger partial charge in [-0.1, -0.05) is 0 Å². The van der Waals surface area contributed by atoms with E-state index >= 15 is 0 Å². The molecule has 0 aliphatic heterocycles. The van der Waals surface area contributed by atoms with Crippen molar-refractivity contribution in [2.24, 2.45) is 0 Å². The van der Waals surface area contributed by atoms with Gasteiger partial charge in [0.2, 0.25) is 0 Å². The fraction of sp³-hybridized carbons (Fsp3) is 0.182. The number of hydrogen-bond donors (Lipinski definition) is 1. The summed E-state index contributed by atoms with van der Waals surface area (Å²) in [4.78, 5) is 4.76. The van der Waals surface area contributed by atoms with Gasteiger partial charge in [-0.05, 0) is 42.4 Å². The Labute approximate surface area is 96.3 Å². The van der Waals surface area contributed by atoms with Crippen LogP contribution in [-0.4, -0.2) is 10.1 Å². The van der Waals surface area contributed by atoms with E-state index in [0.717, 1.165) is 5.69 Å². The molecule has 1 heterocycles. The van der Waals surface area contributed by atoms with Gasteiger partial charge < -0.3 is 9.52 Å². The third-order valence-corrected chi connectivity index (χ3v) is 2.75. The van der Waals surface area contributed by atoms with Crippen molar-refractivity contribution >= 4 is 11.8 Å².